The molecule has 6 heteroatoms. The van der Waals surface area contributed by atoms with Crippen LogP contribution in [0.1, 0.15) is 55.8 Å². The zero-order valence-electron chi connectivity index (χ0n) is 16.5. The molecule has 1 aliphatic heterocycles. The second kappa shape index (κ2) is 10.8. The maximum Gasteiger partial charge on any atom is 0.253 e. The Hall–Kier alpha value is -1.46. The smallest absolute Gasteiger partial charge is 0.253 e. The predicted molar refractivity (Wildman–Crippen MR) is 110 cm³/mol. The number of methoxy groups -OCH3 is 1. The molecule has 1 N–H and O–H groups in total. The molecule has 0 atom stereocenters. The molecule has 1 heterocycles. The molecule has 1 saturated carbocycles. The monoisotopic (exact) mass is 396 g/mol. The van der Waals surface area contributed by atoms with Crippen LogP contribution < -0.4 is 14.8 Å². The third-order valence-electron chi connectivity index (χ3n) is 5.59. The van der Waals surface area contributed by atoms with Gasteiger partial charge in [-0.3, -0.25) is 4.79 Å². The Morgan fingerprint density at radius 1 is 1.15 bits per heavy atom. The van der Waals surface area contributed by atoms with Crippen LogP contribution in [-0.4, -0.2) is 50.2 Å². The first-order valence-electron chi connectivity index (χ1n) is 10.1. The number of hydrogen-bond acceptors (Lipinski definition) is 4. The number of ether oxygens (including phenoxy) is 2. The van der Waals surface area contributed by atoms with Crippen molar-refractivity contribution in [3.8, 4) is 11.5 Å². The summed E-state index contributed by atoms with van der Waals surface area (Å²) in [6, 6.07) is 5.60. The Morgan fingerprint density at radius 2 is 1.85 bits per heavy atom. The van der Waals surface area contributed by atoms with Gasteiger partial charge in [-0.15, -0.1) is 12.4 Å². The highest BCUT2D eigenvalue weighted by atomic mass is 35.5. The summed E-state index contributed by atoms with van der Waals surface area (Å²) in [6.07, 6.45) is 7.08. The summed E-state index contributed by atoms with van der Waals surface area (Å²) in [4.78, 5) is 14.8. The van der Waals surface area contributed by atoms with Crippen LogP contribution in [0.3, 0.4) is 0 Å². The molecule has 3 rings (SSSR count). The molecule has 1 aromatic carbocycles. The van der Waals surface area contributed by atoms with E-state index in [2.05, 4.69) is 12.2 Å². The van der Waals surface area contributed by atoms with Gasteiger partial charge >= 0.3 is 0 Å². The molecule has 0 spiro atoms. The maximum atomic E-state index is 12.9. The quantitative estimate of drug-likeness (QED) is 0.759. The van der Waals surface area contributed by atoms with Crippen molar-refractivity contribution in [1.29, 1.82) is 0 Å². The van der Waals surface area contributed by atoms with Crippen LogP contribution in [0.5, 0.6) is 11.5 Å². The van der Waals surface area contributed by atoms with Crippen LogP contribution in [0.25, 0.3) is 0 Å². The van der Waals surface area contributed by atoms with E-state index in [9.17, 15) is 4.79 Å². The summed E-state index contributed by atoms with van der Waals surface area (Å²) >= 11 is 0. The lowest BCUT2D eigenvalue weighted by molar-refractivity contribution is 0.0690. The average molecular weight is 397 g/mol. The Bertz CT molecular complexity index is 597. The molecule has 1 amide bonds. The van der Waals surface area contributed by atoms with E-state index in [0.717, 1.165) is 57.6 Å². The third kappa shape index (κ3) is 5.76. The van der Waals surface area contributed by atoms with Gasteiger partial charge in [0.1, 0.15) is 0 Å². The number of amides is 1. The number of carbonyl (C=O) groups is 1. The summed E-state index contributed by atoms with van der Waals surface area (Å²) < 4.78 is 11.6. The molecule has 152 valence electrons. The van der Waals surface area contributed by atoms with Gasteiger partial charge in [-0.2, -0.15) is 0 Å². The molecule has 0 radical (unpaired) electrons. The fraction of sp³-hybridized carbons (Fsp3) is 0.667. The number of nitrogens with one attached hydrogen (secondary N) is 1. The highest BCUT2D eigenvalue weighted by molar-refractivity contribution is 5.95. The molecule has 27 heavy (non-hydrogen) atoms. The van der Waals surface area contributed by atoms with E-state index in [1.807, 2.05) is 23.1 Å². The normalized spacial score (nSPS) is 18.2. The van der Waals surface area contributed by atoms with Crippen molar-refractivity contribution in [2.75, 3.05) is 33.3 Å². The Balaban J connectivity index is 0.00000261. The number of hydrogen-bond donors (Lipinski definition) is 1. The Morgan fingerprint density at radius 3 is 2.48 bits per heavy atom. The molecule has 0 bridgehead atoms. The minimum Gasteiger partial charge on any atom is -0.493 e. The van der Waals surface area contributed by atoms with Gasteiger partial charge in [-0.25, -0.2) is 0 Å². The minimum atomic E-state index is 0. The number of nitrogens with zero attached hydrogens (tertiary/aromatic N) is 1. The summed E-state index contributed by atoms with van der Waals surface area (Å²) in [5.74, 6) is 2.18. The van der Waals surface area contributed by atoms with Crippen LogP contribution in [0.2, 0.25) is 0 Å². The summed E-state index contributed by atoms with van der Waals surface area (Å²) in [5, 5.41) is 3.41. The number of halogens is 1. The van der Waals surface area contributed by atoms with Gasteiger partial charge in [0.25, 0.3) is 5.91 Å². The summed E-state index contributed by atoms with van der Waals surface area (Å²) in [6.45, 7) is 5.86. The van der Waals surface area contributed by atoms with Crippen molar-refractivity contribution >= 4 is 18.3 Å². The van der Waals surface area contributed by atoms with Crippen molar-refractivity contribution in [2.24, 2.45) is 5.92 Å². The molecule has 5 nitrogen and oxygen atoms in total. The second-order valence-corrected chi connectivity index (χ2v) is 7.43. The van der Waals surface area contributed by atoms with Crippen molar-refractivity contribution < 1.29 is 14.3 Å². The Kier molecular flexibility index (Phi) is 8.71. The standard InChI is InChI=1S/C21H32N2O3.ClH/c1-3-22-15-16-10-12-23(13-11-16)21(24)17-8-9-19(20(14-17)25-2)26-18-6-4-5-7-18;/h8-9,14,16,18,22H,3-7,10-13,15H2,1-2H3;1H. The topological polar surface area (TPSA) is 50.8 Å². The van der Waals surface area contributed by atoms with Gasteiger partial charge in [0, 0.05) is 18.7 Å². The van der Waals surface area contributed by atoms with E-state index in [1.165, 1.54) is 12.8 Å². The fourth-order valence-corrected chi connectivity index (χ4v) is 3.95. The lowest BCUT2D eigenvalue weighted by Gasteiger charge is -2.32. The SMILES string of the molecule is CCNCC1CCN(C(=O)c2ccc(OC3CCCC3)c(OC)c2)CC1.Cl. The molecule has 1 aromatic rings. The molecule has 2 fully saturated rings. The number of benzene rings is 1. The molecule has 2 aliphatic rings. The first-order chi connectivity index (χ1) is 12.7. The molecule has 1 aliphatic carbocycles. The number of carbonyl (C=O) groups excluding carboxylic acids is 1. The van der Waals surface area contributed by atoms with E-state index in [-0.39, 0.29) is 24.4 Å². The zero-order chi connectivity index (χ0) is 18.4. The highest BCUT2D eigenvalue weighted by Crippen LogP contribution is 2.33. The highest BCUT2D eigenvalue weighted by Gasteiger charge is 2.25. The first kappa shape index (κ1) is 21.8. The van der Waals surface area contributed by atoms with Crippen molar-refractivity contribution in [3.63, 3.8) is 0 Å². The number of rotatable bonds is 7. The molecular formula is C21H33ClN2O3. The lowest BCUT2D eigenvalue weighted by atomic mass is 9.96. The van der Waals surface area contributed by atoms with Gasteiger partial charge in [-0.05, 0) is 75.7 Å². The summed E-state index contributed by atoms with van der Waals surface area (Å²) in [7, 11) is 1.64. The van der Waals surface area contributed by atoms with Crippen LogP contribution in [0.15, 0.2) is 18.2 Å². The Labute approximate surface area is 169 Å². The number of likely N-dealkylation sites (tertiary alicyclic amines) is 1. The van der Waals surface area contributed by atoms with Crippen LogP contribution >= 0.6 is 12.4 Å². The zero-order valence-corrected chi connectivity index (χ0v) is 17.4. The van der Waals surface area contributed by atoms with Crippen molar-refractivity contribution in [3.05, 3.63) is 23.8 Å². The van der Waals surface area contributed by atoms with Crippen LogP contribution in [0, 0.1) is 5.92 Å². The van der Waals surface area contributed by atoms with Gasteiger partial charge in [-0.1, -0.05) is 6.92 Å². The van der Waals surface area contributed by atoms with Gasteiger partial charge < -0.3 is 19.7 Å². The van der Waals surface area contributed by atoms with E-state index in [0.29, 0.717) is 17.2 Å². The van der Waals surface area contributed by atoms with Crippen LogP contribution in [-0.2, 0) is 0 Å². The third-order valence-corrected chi connectivity index (χ3v) is 5.59. The molecule has 0 unspecified atom stereocenters. The van der Waals surface area contributed by atoms with Crippen molar-refractivity contribution in [1.82, 2.24) is 10.2 Å². The average Bonchev–Trinajstić information content (AvgIpc) is 3.19. The second-order valence-electron chi connectivity index (χ2n) is 7.43. The fourth-order valence-electron chi connectivity index (χ4n) is 3.95. The van der Waals surface area contributed by atoms with Crippen molar-refractivity contribution in [2.45, 2.75) is 51.6 Å². The van der Waals surface area contributed by atoms with E-state index in [1.54, 1.807) is 7.11 Å². The molecular weight excluding hydrogens is 364 g/mol. The predicted octanol–water partition coefficient (Wildman–Crippen LogP) is 3.90. The summed E-state index contributed by atoms with van der Waals surface area (Å²) in [5.41, 5.74) is 0.686. The minimum absolute atomic E-state index is 0. The first-order valence-corrected chi connectivity index (χ1v) is 10.1. The van der Waals surface area contributed by atoms with Gasteiger partial charge in [0.2, 0.25) is 0 Å². The number of piperidine rings is 1. The van der Waals surface area contributed by atoms with Gasteiger partial charge in [0.15, 0.2) is 11.5 Å². The van der Waals surface area contributed by atoms with Gasteiger partial charge in [0.05, 0.1) is 13.2 Å². The van der Waals surface area contributed by atoms with E-state index in [4.69, 9.17) is 9.47 Å². The molecule has 1 saturated heterocycles. The molecule has 0 aromatic heterocycles. The maximum absolute atomic E-state index is 12.9. The largest absolute Gasteiger partial charge is 0.493 e. The lowest BCUT2D eigenvalue weighted by Crippen LogP contribution is -2.40. The van der Waals surface area contributed by atoms with Crippen LogP contribution in [0.4, 0.5) is 0 Å². The van der Waals surface area contributed by atoms with E-state index >= 15 is 0 Å². The van der Waals surface area contributed by atoms with E-state index < -0.39 is 0 Å².